The van der Waals surface area contributed by atoms with Gasteiger partial charge in [-0.05, 0) is 21.2 Å². The maximum Gasteiger partial charge on any atom is 1.00 e. The first-order valence-corrected chi connectivity index (χ1v) is 3.34. The van der Waals surface area contributed by atoms with Crippen LogP contribution >= 0.6 is 9.03 Å². The average Bonchev–Trinajstić information content (AvgIpc) is 1.91. The van der Waals surface area contributed by atoms with Gasteiger partial charge in [-0.15, -0.1) is 0 Å². The van der Waals surface area contributed by atoms with Gasteiger partial charge in [0.05, 0.1) is 0 Å². The van der Waals surface area contributed by atoms with E-state index in [4.69, 9.17) is 0 Å². The quantitative estimate of drug-likeness (QED) is 0.387. The first-order valence-electron chi connectivity index (χ1n) is 2.52. The predicted octanol–water partition coefficient (Wildman–Crippen LogP) is -2.06. The van der Waals surface area contributed by atoms with E-state index >= 15 is 0 Å². The summed E-state index contributed by atoms with van der Waals surface area (Å²) in [5.41, 5.74) is 0. The van der Waals surface area contributed by atoms with Gasteiger partial charge in [0, 0.05) is 0 Å². The van der Waals surface area contributed by atoms with Gasteiger partial charge in [0.15, 0.2) is 0 Å². The molecule has 1 atom stereocenters. The van der Waals surface area contributed by atoms with Crippen LogP contribution in [0.15, 0.2) is 30.3 Å². The van der Waals surface area contributed by atoms with E-state index in [9.17, 15) is 4.89 Å². The zero-order valence-electron chi connectivity index (χ0n) is 5.70. The van der Waals surface area contributed by atoms with Crippen LogP contribution in [0, 0.1) is 0 Å². The monoisotopic (exact) mass is 180 g/mol. The Bertz CT molecular complexity index is 169. The fraction of sp³-hybridized carbons (Fsp3) is 0. The van der Waals surface area contributed by atoms with Crippen LogP contribution < -0.4 is 60.8 Å². The molecule has 0 spiro atoms. The maximum absolute atomic E-state index is 9.90. The van der Waals surface area contributed by atoms with Crippen LogP contribution in [-0.4, -0.2) is 0 Å². The van der Waals surface area contributed by atoms with Crippen molar-refractivity contribution in [2.24, 2.45) is 0 Å². The molecule has 48 valence electrons. The third-order valence-corrected chi connectivity index (χ3v) is 1.22. The number of benzene rings is 1. The molecule has 0 aliphatic rings. The molecule has 1 aromatic carbocycles. The molecule has 1 aromatic rings. The third kappa shape index (κ3) is 4.04. The number of para-hydroxylation sites is 1. The molecule has 1 rings (SSSR count). The summed E-state index contributed by atoms with van der Waals surface area (Å²) >= 11 is 0. The molecular weight excluding hydrogens is 174 g/mol. The molecule has 1 unspecified atom stereocenters. The van der Waals surface area contributed by atoms with Crippen molar-refractivity contribution in [2.75, 3.05) is 0 Å². The van der Waals surface area contributed by atoms with Gasteiger partial charge < -0.3 is 9.42 Å². The second kappa shape index (κ2) is 6.74. The van der Waals surface area contributed by atoms with E-state index in [0.29, 0.717) is 5.75 Å². The summed E-state index contributed by atoms with van der Waals surface area (Å²) in [4.78, 5) is 9.90. The van der Waals surface area contributed by atoms with Crippen LogP contribution in [-0.2, 0) is 0 Å². The molecule has 0 bridgehead atoms. The van der Waals surface area contributed by atoms with Gasteiger partial charge in [-0.3, -0.25) is 0 Å². The van der Waals surface area contributed by atoms with E-state index in [1.165, 1.54) is 0 Å². The largest absolute Gasteiger partial charge is 1.00 e. The summed E-state index contributed by atoms with van der Waals surface area (Å²) in [6.07, 6.45) is 0. The summed E-state index contributed by atoms with van der Waals surface area (Å²) < 4.78 is 4.68. The Morgan fingerprint density at radius 1 is 1.20 bits per heavy atom. The second-order valence-corrected chi connectivity index (χ2v) is 1.87. The van der Waals surface area contributed by atoms with Crippen molar-refractivity contribution in [3.63, 3.8) is 0 Å². The molecule has 0 N–H and O–H groups in total. The second-order valence-electron chi connectivity index (χ2n) is 1.50. The van der Waals surface area contributed by atoms with E-state index in [1.807, 2.05) is 18.2 Å². The van der Waals surface area contributed by atoms with Crippen molar-refractivity contribution < 1.29 is 60.8 Å². The van der Waals surface area contributed by atoms with Gasteiger partial charge in [0.25, 0.3) is 0 Å². The first-order chi connectivity index (χ1) is 4.43. The van der Waals surface area contributed by atoms with E-state index in [2.05, 4.69) is 4.52 Å². The Morgan fingerprint density at radius 3 is 2.30 bits per heavy atom. The first kappa shape index (κ1) is 11.0. The molecule has 0 saturated carbocycles. The Hall–Kier alpha value is 1.05. The van der Waals surface area contributed by atoms with E-state index in [-0.39, 0.29) is 51.4 Å². The van der Waals surface area contributed by atoms with Gasteiger partial charge >= 0.3 is 51.4 Å². The fourth-order valence-electron chi connectivity index (χ4n) is 0.537. The van der Waals surface area contributed by atoms with E-state index in [1.54, 1.807) is 12.1 Å². The molecule has 0 amide bonds. The summed E-state index contributed by atoms with van der Waals surface area (Å²) in [6.45, 7) is 0. The normalized spacial score (nSPS) is 9.30. The molecule has 0 heterocycles. The van der Waals surface area contributed by atoms with Gasteiger partial charge in [0.1, 0.15) is 5.75 Å². The van der Waals surface area contributed by atoms with Crippen LogP contribution in [0.3, 0.4) is 0 Å². The minimum absolute atomic E-state index is 0. The standard InChI is InChI=1S/C6H6O2P.K/c7-9-8-6-4-2-1-3-5-6;/h1-5,9H;/q-1;+1. The summed E-state index contributed by atoms with van der Waals surface area (Å²) in [5.74, 6) is 0.644. The Balaban J connectivity index is 0.000000810. The van der Waals surface area contributed by atoms with E-state index < -0.39 is 9.03 Å². The molecule has 0 saturated heterocycles. The third-order valence-electron chi connectivity index (χ3n) is 0.903. The molecule has 10 heavy (non-hydrogen) atoms. The van der Waals surface area contributed by atoms with Crippen LogP contribution in [0.4, 0.5) is 0 Å². The number of hydrogen-bond acceptors (Lipinski definition) is 2. The minimum Gasteiger partial charge on any atom is -0.801 e. The molecule has 2 nitrogen and oxygen atoms in total. The van der Waals surface area contributed by atoms with Gasteiger partial charge in [-0.2, -0.15) is 0 Å². The van der Waals surface area contributed by atoms with Gasteiger partial charge in [-0.1, -0.05) is 18.2 Å². The Labute approximate surface area is 104 Å². The fourth-order valence-corrected chi connectivity index (χ4v) is 0.769. The molecular formula is C6H6KO2P. The van der Waals surface area contributed by atoms with E-state index in [0.717, 1.165) is 0 Å². The summed E-state index contributed by atoms with van der Waals surface area (Å²) in [7, 11) is -0.715. The molecule has 0 aromatic heterocycles. The van der Waals surface area contributed by atoms with Crippen molar-refractivity contribution in [2.45, 2.75) is 0 Å². The minimum atomic E-state index is -0.715. The Morgan fingerprint density at radius 2 is 1.80 bits per heavy atom. The average molecular weight is 180 g/mol. The van der Waals surface area contributed by atoms with Gasteiger partial charge in [0.2, 0.25) is 0 Å². The number of hydrogen-bond donors (Lipinski definition) is 0. The molecule has 0 aliphatic carbocycles. The smallest absolute Gasteiger partial charge is 0.801 e. The van der Waals surface area contributed by atoms with Crippen LogP contribution in [0.1, 0.15) is 0 Å². The van der Waals surface area contributed by atoms with Crippen molar-refractivity contribution in [1.29, 1.82) is 0 Å². The van der Waals surface area contributed by atoms with Crippen molar-refractivity contribution in [1.82, 2.24) is 0 Å². The molecule has 4 heteroatoms. The summed E-state index contributed by atoms with van der Waals surface area (Å²) in [6, 6.07) is 9.04. The van der Waals surface area contributed by atoms with Crippen molar-refractivity contribution in [3.05, 3.63) is 30.3 Å². The Kier molecular flexibility index (Phi) is 7.44. The van der Waals surface area contributed by atoms with Crippen LogP contribution in [0.25, 0.3) is 0 Å². The van der Waals surface area contributed by atoms with Crippen molar-refractivity contribution in [3.8, 4) is 5.75 Å². The molecule has 0 radical (unpaired) electrons. The zero-order chi connectivity index (χ0) is 6.53. The zero-order valence-corrected chi connectivity index (χ0v) is 9.83. The van der Waals surface area contributed by atoms with Gasteiger partial charge in [-0.25, -0.2) is 0 Å². The predicted molar refractivity (Wildman–Crippen MR) is 35.4 cm³/mol. The summed E-state index contributed by atoms with van der Waals surface area (Å²) in [5, 5.41) is 0. The van der Waals surface area contributed by atoms with Crippen molar-refractivity contribution >= 4 is 9.03 Å². The molecule has 0 aliphatic heterocycles. The van der Waals surface area contributed by atoms with Crippen LogP contribution in [0.5, 0.6) is 5.75 Å². The topological polar surface area (TPSA) is 32.3 Å². The van der Waals surface area contributed by atoms with Crippen LogP contribution in [0.2, 0.25) is 0 Å². The number of rotatable bonds is 2. The maximum atomic E-state index is 9.90. The SMILES string of the molecule is [K+].[O-]POc1ccccc1. The molecule has 0 fully saturated rings.